The molecule has 1 aromatic heterocycles. The van der Waals surface area contributed by atoms with Crippen LogP contribution < -0.4 is 14.8 Å². The lowest BCUT2D eigenvalue weighted by Crippen LogP contribution is -2.11. The highest BCUT2D eigenvalue weighted by atomic mass is 32.1. The number of carbonyl (C=O) groups is 1. The fourth-order valence-electron chi connectivity index (χ4n) is 2.91. The lowest BCUT2D eigenvalue weighted by molar-refractivity contribution is 0.103. The Morgan fingerprint density at radius 2 is 1.60 bits per heavy atom. The molecule has 0 saturated heterocycles. The SMILES string of the molecule is CCOc1ccc(NC(=O)c2sc(COc3ccc(C(C)(C)C)cc3)nc2C)cc1. The number of rotatable bonds is 7. The Balaban J connectivity index is 1.61. The van der Waals surface area contributed by atoms with Gasteiger partial charge >= 0.3 is 0 Å². The number of amides is 1. The number of anilines is 1. The van der Waals surface area contributed by atoms with E-state index >= 15 is 0 Å². The monoisotopic (exact) mass is 424 g/mol. The molecule has 0 atom stereocenters. The van der Waals surface area contributed by atoms with Crippen LogP contribution in [0.1, 0.15) is 53.6 Å². The van der Waals surface area contributed by atoms with Crippen LogP contribution in [0, 0.1) is 6.92 Å². The zero-order valence-electron chi connectivity index (χ0n) is 18.1. The van der Waals surface area contributed by atoms with E-state index in [1.165, 1.54) is 16.9 Å². The fourth-order valence-corrected chi connectivity index (χ4v) is 3.78. The van der Waals surface area contributed by atoms with E-state index in [0.29, 0.717) is 29.5 Å². The molecule has 0 spiro atoms. The van der Waals surface area contributed by atoms with E-state index in [-0.39, 0.29) is 11.3 Å². The number of benzene rings is 2. The minimum Gasteiger partial charge on any atom is -0.494 e. The van der Waals surface area contributed by atoms with Crippen LogP contribution in [0.4, 0.5) is 5.69 Å². The second kappa shape index (κ2) is 9.30. The second-order valence-corrected chi connectivity index (χ2v) is 9.08. The van der Waals surface area contributed by atoms with Gasteiger partial charge < -0.3 is 14.8 Å². The maximum absolute atomic E-state index is 12.7. The van der Waals surface area contributed by atoms with Crippen LogP contribution in [-0.2, 0) is 12.0 Å². The topological polar surface area (TPSA) is 60.5 Å². The Morgan fingerprint density at radius 3 is 2.20 bits per heavy atom. The molecule has 158 valence electrons. The molecule has 30 heavy (non-hydrogen) atoms. The Morgan fingerprint density at radius 1 is 1.00 bits per heavy atom. The fraction of sp³-hybridized carbons (Fsp3) is 0.333. The van der Waals surface area contributed by atoms with Crippen molar-refractivity contribution in [1.82, 2.24) is 4.98 Å². The number of nitrogens with zero attached hydrogens (tertiary/aromatic N) is 1. The van der Waals surface area contributed by atoms with Crippen molar-refractivity contribution >= 4 is 22.9 Å². The summed E-state index contributed by atoms with van der Waals surface area (Å²) in [4.78, 5) is 17.7. The van der Waals surface area contributed by atoms with Gasteiger partial charge in [-0.2, -0.15) is 0 Å². The van der Waals surface area contributed by atoms with Crippen LogP contribution in [-0.4, -0.2) is 17.5 Å². The predicted octanol–water partition coefficient (Wildman–Crippen LogP) is 5.98. The van der Waals surface area contributed by atoms with Gasteiger partial charge in [0.2, 0.25) is 0 Å². The van der Waals surface area contributed by atoms with Gasteiger partial charge in [0.15, 0.2) is 0 Å². The summed E-state index contributed by atoms with van der Waals surface area (Å²) in [7, 11) is 0. The van der Waals surface area contributed by atoms with Crippen LogP contribution in [0.3, 0.4) is 0 Å². The molecule has 0 unspecified atom stereocenters. The van der Waals surface area contributed by atoms with Gasteiger partial charge in [-0.1, -0.05) is 32.9 Å². The first-order valence-corrected chi connectivity index (χ1v) is 10.8. The van der Waals surface area contributed by atoms with Crippen molar-refractivity contribution in [2.45, 2.75) is 46.6 Å². The van der Waals surface area contributed by atoms with Crippen molar-refractivity contribution in [1.29, 1.82) is 0 Å². The Labute approximate surface area is 182 Å². The molecule has 3 rings (SSSR count). The maximum atomic E-state index is 12.7. The molecular formula is C24H28N2O3S. The third-order valence-corrected chi connectivity index (χ3v) is 5.68. The molecule has 0 bridgehead atoms. The summed E-state index contributed by atoms with van der Waals surface area (Å²) < 4.78 is 11.3. The van der Waals surface area contributed by atoms with Crippen molar-refractivity contribution in [2.75, 3.05) is 11.9 Å². The molecule has 0 aliphatic rings. The van der Waals surface area contributed by atoms with Gasteiger partial charge in [0.25, 0.3) is 5.91 Å². The van der Waals surface area contributed by atoms with Gasteiger partial charge in [0, 0.05) is 5.69 Å². The molecule has 6 heteroatoms. The largest absolute Gasteiger partial charge is 0.494 e. The summed E-state index contributed by atoms with van der Waals surface area (Å²) in [5.74, 6) is 1.39. The minimum absolute atomic E-state index is 0.108. The van der Waals surface area contributed by atoms with E-state index < -0.39 is 0 Å². The Kier molecular flexibility index (Phi) is 6.77. The molecule has 1 amide bonds. The van der Waals surface area contributed by atoms with E-state index in [0.717, 1.165) is 16.5 Å². The van der Waals surface area contributed by atoms with Crippen molar-refractivity contribution in [2.24, 2.45) is 0 Å². The maximum Gasteiger partial charge on any atom is 0.267 e. The summed E-state index contributed by atoms with van der Waals surface area (Å²) in [6.45, 7) is 11.3. The highest BCUT2D eigenvalue weighted by Crippen LogP contribution is 2.26. The van der Waals surface area contributed by atoms with Gasteiger partial charge in [-0.05, 0) is 61.2 Å². The molecule has 0 fully saturated rings. The van der Waals surface area contributed by atoms with Crippen molar-refractivity contribution in [3.63, 3.8) is 0 Å². The molecule has 2 aromatic carbocycles. The first-order valence-electron chi connectivity index (χ1n) is 10.00. The summed E-state index contributed by atoms with van der Waals surface area (Å²) in [5.41, 5.74) is 2.78. The number of hydrogen-bond acceptors (Lipinski definition) is 5. The number of aryl methyl sites for hydroxylation is 1. The zero-order chi connectivity index (χ0) is 21.7. The molecule has 1 N–H and O–H groups in total. The van der Waals surface area contributed by atoms with Gasteiger partial charge in [-0.25, -0.2) is 4.98 Å². The lowest BCUT2D eigenvalue weighted by atomic mass is 9.87. The first kappa shape index (κ1) is 21.8. The summed E-state index contributed by atoms with van der Waals surface area (Å²) in [5, 5.41) is 3.68. The molecule has 3 aromatic rings. The third-order valence-electron chi connectivity index (χ3n) is 4.55. The Hall–Kier alpha value is -2.86. The van der Waals surface area contributed by atoms with Crippen molar-refractivity contribution in [3.05, 3.63) is 69.7 Å². The molecule has 0 aliphatic heterocycles. The van der Waals surface area contributed by atoms with Gasteiger partial charge in [-0.15, -0.1) is 11.3 Å². The molecular weight excluding hydrogens is 396 g/mol. The first-order chi connectivity index (χ1) is 14.3. The number of ether oxygens (including phenoxy) is 2. The lowest BCUT2D eigenvalue weighted by Gasteiger charge is -2.19. The normalized spacial score (nSPS) is 11.2. The highest BCUT2D eigenvalue weighted by molar-refractivity contribution is 7.13. The molecule has 5 nitrogen and oxygen atoms in total. The molecule has 0 saturated carbocycles. The zero-order valence-corrected chi connectivity index (χ0v) is 18.9. The van der Waals surface area contributed by atoms with E-state index in [1.54, 1.807) is 0 Å². The van der Waals surface area contributed by atoms with Crippen LogP contribution in [0.15, 0.2) is 48.5 Å². The van der Waals surface area contributed by atoms with Crippen LogP contribution in [0.5, 0.6) is 11.5 Å². The Bertz CT molecular complexity index is 987. The van der Waals surface area contributed by atoms with E-state index in [4.69, 9.17) is 9.47 Å². The number of nitrogens with one attached hydrogen (secondary N) is 1. The van der Waals surface area contributed by atoms with E-state index in [1.807, 2.05) is 50.2 Å². The quantitative estimate of drug-likeness (QED) is 0.507. The molecule has 0 radical (unpaired) electrons. The second-order valence-electron chi connectivity index (χ2n) is 8.00. The van der Waals surface area contributed by atoms with Crippen LogP contribution >= 0.6 is 11.3 Å². The van der Waals surface area contributed by atoms with Crippen LogP contribution in [0.25, 0.3) is 0 Å². The van der Waals surface area contributed by atoms with Gasteiger partial charge in [-0.3, -0.25) is 4.79 Å². The average molecular weight is 425 g/mol. The number of aromatic nitrogens is 1. The van der Waals surface area contributed by atoms with Crippen molar-refractivity contribution < 1.29 is 14.3 Å². The standard InChI is InChI=1S/C24H28N2O3S/c1-6-28-19-13-9-18(10-14-19)26-23(27)22-16(2)25-21(30-22)15-29-20-11-7-17(8-12-20)24(3,4)5/h7-14H,6,15H2,1-5H3,(H,26,27). The number of carbonyl (C=O) groups excluding carboxylic acids is 1. The number of hydrogen-bond donors (Lipinski definition) is 1. The van der Waals surface area contributed by atoms with Gasteiger partial charge in [0.05, 0.1) is 12.3 Å². The third kappa shape index (κ3) is 5.60. The van der Waals surface area contributed by atoms with Crippen LogP contribution in [0.2, 0.25) is 0 Å². The van der Waals surface area contributed by atoms with Crippen molar-refractivity contribution in [3.8, 4) is 11.5 Å². The molecule has 0 aliphatic carbocycles. The molecule has 1 heterocycles. The van der Waals surface area contributed by atoms with E-state index in [2.05, 4.69) is 43.2 Å². The predicted molar refractivity (Wildman–Crippen MR) is 122 cm³/mol. The highest BCUT2D eigenvalue weighted by Gasteiger charge is 2.17. The number of thiazole rings is 1. The minimum atomic E-state index is -0.171. The summed E-state index contributed by atoms with van der Waals surface area (Å²) in [6, 6.07) is 15.4. The summed E-state index contributed by atoms with van der Waals surface area (Å²) >= 11 is 1.35. The van der Waals surface area contributed by atoms with Gasteiger partial charge in [0.1, 0.15) is 28.0 Å². The van der Waals surface area contributed by atoms with E-state index in [9.17, 15) is 4.79 Å². The average Bonchev–Trinajstić information content (AvgIpc) is 3.08. The summed E-state index contributed by atoms with van der Waals surface area (Å²) in [6.07, 6.45) is 0. The smallest absolute Gasteiger partial charge is 0.267 e.